The van der Waals surface area contributed by atoms with E-state index in [0.717, 1.165) is 49.6 Å². The Morgan fingerprint density at radius 3 is 2.41 bits per heavy atom. The zero-order chi connectivity index (χ0) is 18.8. The minimum Gasteiger partial charge on any atom is -0.388 e. The van der Waals surface area contributed by atoms with Crippen molar-refractivity contribution in [1.29, 1.82) is 0 Å². The molecule has 0 aliphatic heterocycles. The highest BCUT2D eigenvalue weighted by molar-refractivity contribution is 5.97. The smallest absolute Gasteiger partial charge is 0.251 e. The molecule has 27 heavy (non-hydrogen) atoms. The van der Waals surface area contributed by atoms with Gasteiger partial charge in [0.05, 0.1) is 11.0 Å². The van der Waals surface area contributed by atoms with Crippen LogP contribution in [0.3, 0.4) is 0 Å². The summed E-state index contributed by atoms with van der Waals surface area (Å²) in [5.74, 6) is 0.832. The molecule has 1 aromatic carbocycles. The van der Waals surface area contributed by atoms with Gasteiger partial charge in [0.1, 0.15) is 12.4 Å². The number of carbonyl (C=O) groups is 2. The maximum atomic E-state index is 12.6. The minimum atomic E-state index is -0.156. The van der Waals surface area contributed by atoms with E-state index >= 15 is 0 Å². The number of aliphatic hydroxyl groups excluding tert-OH is 1. The number of aromatic amines is 1. The van der Waals surface area contributed by atoms with Crippen molar-refractivity contribution < 1.29 is 14.7 Å². The van der Waals surface area contributed by atoms with Crippen LogP contribution in [0.25, 0.3) is 11.0 Å². The van der Waals surface area contributed by atoms with Crippen LogP contribution in [0.1, 0.15) is 61.1 Å². The second-order valence-corrected chi connectivity index (χ2v) is 7.73. The summed E-state index contributed by atoms with van der Waals surface area (Å²) in [6.07, 6.45) is 6.79. The molecule has 7 heteroatoms. The number of amides is 2. The first-order valence-electron chi connectivity index (χ1n) is 9.83. The highest BCUT2D eigenvalue weighted by Gasteiger charge is 2.29. The van der Waals surface area contributed by atoms with E-state index < -0.39 is 0 Å². The molecule has 2 saturated carbocycles. The number of carbonyl (C=O) groups excluding carboxylic acids is 2. The number of H-pyrrole nitrogens is 1. The normalized spacial score (nSPS) is 23.0. The van der Waals surface area contributed by atoms with Gasteiger partial charge in [-0.25, -0.2) is 4.98 Å². The van der Waals surface area contributed by atoms with E-state index in [9.17, 15) is 9.59 Å². The molecule has 2 fully saturated rings. The lowest BCUT2D eigenvalue weighted by molar-refractivity contribution is -0.128. The molecule has 2 aromatic rings. The first-order chi connectivity index (χ1) is 13.1. The molecule has 0 spiro atoms. The van der Waals surface area contributed by atoms with E-state index in [1.807, 2.05) is 0 Å². The molecule has 1 aromatic heterocycles. The molecular formula is C20H26N4O3. The van der Waals surface area contributed by atoms with Gasteiger partial charge < -0.3 is 20.7 Å². The van der Waals surface area contributed by atoms with Gasteiger partial charge in [0.2, 0.25) is 5.91 Å². The number of aliphatic hydroxyl groups is 1. The van der Waals surface area contributed by atoms with Gasteiger partial charge >= 0.3 is 0 Å². The second kappa shape index (κ2) is 7.68. The average molecular weight is 370 g/mol. The molecule has 0 saturated heterocycles. The Bertz CT molecular complexity index is 835. The molecule has 1 heterocycles. The van der Waals surface area contributed by atoms with Crippen molar-refractivity contribution in [3.05, 3.63) is 29.6 Å². The molecule has 0 unspecified atom stereocenters. The number of nitrogens with one attached hydrogen (secondary N) is 3. The molecule has 0 radical (unpaired) electrons. The Hall–Kier alpha value is -2.41. The molecular weight excluding hydrogens is 344 g/mol. The van der Waals surface area contributed by atoms with Crippen molar-refractivity contribution in [1.82, 2.24) is 20.6 Å². The fraction of sp³-hybridized carbons (Fsp3) is 0.550. The number of aromatic nitrogens is 2. The minimum absolute atomic E-state index is 0.0981. The van der Waals surface area contributed by atoms with Crippen LogP contribution in [0, 0.1) is 5.92 Å². The van der Waals surface area contributed by atoms with Gasteiger partial charge in [-0.3, -0.25) is 9.59 Å². The van der Waals surface area contributed by atoms with Crippen LogP contribution in [0.2, 0.25) is 0 Å². The Morgan fingerprint density at radius 2 is 1.78 bits per heavy atom. The lowest BCUT2D eigenvalue weighted by Gasteiger charge is -2.32. The van der Waals surface area contributed by atoms with Gasteiger partial charge in [-0.15, -0.1) is 0 Å². The highest BCUT2D eigenvalue weighted by Crippen LogP contribution is 2.27. The number of hydrogen-bond acceptors (Lipinski definition) is 4. The van der Waals surface area contributed by atoms with Crippen molar-refractivity contribution in [2.24, 2.45) is 5.92 Å². The van der Waals surface area contributed by atoms with E-state index in [-0.39, 0.29) is 36.4 Å². The summed E-state index contributed by atoms with van der Waals surface area (Å²) in [5.41, 5.74) is 2.06. The average Bonchev–Trinajstić information content (AvgIpc) is 3.04. The largest absolute Gasteiger partial charge is 0.388 e. The Kier molecular flexibility index (Phi) is 5.11. The highest BCUT2D eigenvalue weighted by atomic mass is 16.3. The molecule has 4 rings (SSSR count). The molecule has 7 nitrogen and oxygen atoms in total. The Balaban J connectivity index is 1.29. The van der Waals surface area contributed by atoms with Gasteiger partial charge in [0, 0.05) is 23.6 Å². The second-order valence-electron chi connectivity index (χ2n) is 7.73. The lowest BCUT2D eigenvalue weighted by atomic mass is 9.84. The summed E-state index contributed by atoms with van der Waals surface area (Å²) in [6.45, 7) is -0.156. The van der Waals surface area contributed by atoms with Gasteiger partial charge in [0.15, 0.2) is 0 Å². The predicted octanol–water partition coefficient (Wildman–Crippen LogP) is 2.01. The van der Waals surface area contributed by atoms with Crippen LogP contribution in [0.4, 0.5) is 0 Å². The number of nitrogens with zero attached hydrogens (tertiary/aromatic N) is 1. The first-order valence-corrected chi connectivity index (χ1v) is 9.83. The predicted molar refractivity (Wildman–Crippen MR) is 101 cm³/mol. The van der Waals surface area contributed by atoms with Crippen LogP contribution in [-0.4, -0.2) is 39.0 Å². The fourth-order valence-corrected chi connectivity index (χ4v) is 3.92. The summed E-state index contributed by atoms with van der Waals surface area (Å²) in [7, 11) is 0. The summed E-state index contributed by atoms with van der Waals surface area (Å²) in [5, 5.41) is 15.4. The summed E-state index contributed by atoms with van der Waals surface area (Å²) < 4.78 is 0. The molecule has 0 atom stereocenters. The molecule has 2 aliphatic carbocycles. The SMILES string of the molecule is O=C(NC1CCC(NC(=O)C2CCC2)CC1)c1ccc2nc(CO)[nH]c2c1. The van der Waals surface area contributed by atoms with Crippen LogP contribution in [-0.2, 0) is 11.4 Å². The molecule has 4 N–H and O–H groups in total. The number of fused-ring (bicyclic) bond motifs is 1. The summed E-state index contributed by atoms with van der Waals surface area (Å²) in [4.78, 5) is 31.9. The van der Waals surface area contributed by atoms with Crippen LogP contribution in [0.5, 0.6) is 0 Å². The molecule has 144 valence electrons. The van der Waals surface area contributed by atoms with Crippen molar-refractivity contribution in [3.63, 3.8) is 0 Å². The number of hydrogen-bond donors (Lipinski definition) is 4. The lowest BCUT2D eigenvalue weighted by Crippen LogP contribution is -2.46. The van der Waals surface area contributed by atoms with Gasteiger partial charge in [0.25, 0.3) is 5.91 Å². The molecule has 2 amide bonds. The standard InChI is InChI=1S/C20H26N4O3/c25-11-18-23-16-9-4-13(10-17(16)24-18)20(27)22-15-7-5-14(6-8-15)21-19(26)12-2-1-3-12/h4,9-10,12,14-15,25H,1-3,5-8,11H2,(H,21,26)(H,22,27)(H,23,24). The van der Waals surface area contributed by atoms with Gasteiger partial charge in [-0.2, -0.15) is 0 Å². The third-order valence-corrected chi connectivity index (χ3v) is 5.83. The third-order valence-electron chi connectivity index (χ3n) is 5.83. The Morgan fingerprint density at radius 1 is 1.07 bits per heavy atom. The number of imidazole rings is 1. The number of benzene rings is 1. The fourth-order valence-electron chi connectivity index (χ4n) is 3.92. The van der Waals surface area contributed by atoms with Crippen molar-refractivity contribution in [2.45, 2.75) is 63.6 Å². The zero-order valence-corrected chi connectivity index (χ0v) is 15.3. The van der Waals surface area contributed by atoms with E-state index in [1.165, 1.54) is 6.42 Å². The van der Waals surface area contributed by atoms with Crippen molar-refractivity contribution >= 4 is 22.8 Å². The Labute approximate surface area is 157 Å². The van der Waals surface area contributed by atoms with Crippen molar-refractivity contribution in [3.8, 4) is 0 Å². The number of rotatable bonds is 5. The van der Waals surface area contributed by atoms with Gasteiger partial charge in [-0.05, 0) is 56.7 Å². The first kappa shape index (κ1) is 18.0. The molecule has 2 aliphatic rings. The van der Waals surface area contributed by atoms with E-state index in [0.29, 0.717) is 11.4 Å². The van der Waals surface area contributed by atoms with Crippen LogP contribution >= 0.6 is 0 Å². The third kappa shape index (κ3) is 3.98. The monoisotopic (exact) mass is 370 g/mol. The quantitative estimate of drug-likeness (QED) is 0.646. The van der Waals surface area contributed by atoms with Gasteiger partial charge in [-0.1, -0.05) is 6.42 Å². The maximum absolute atomic E-state index is 12.6. The van der Waals surface area contributed by atoms with E-state index in [4.69, 9.17) is 5.11 Å². The van der Waals surface area contributed by atoms with Crippen LogP contribution < -0.4 is 10.6 Å². The summed E-state index contributed by atoms with van der Waals surface area (Å²) in [6, 6.07) is 5.68. The molecule has 0 bridgehead atoms. The van der Waals surface area contributed by atoms with Crippen LogP contribution in [0.15, 0.2) is 18.2 Å². The van der Waals surface area contributed by atoms with E-state index in [2.05, 4.69) is 20.6 Å². The van der Waals surface area contributed by atoms with Crippen molar-refractivity contribution in [2.75, 3.05) is 0 Å². The maximum Gasteiger partial charge on any atom is 0.251 e. The zero-order valence-electron chi connectivity index (χ0n) is 15.3. The van der Waals surface area contributed by atoms with E-state index in [1.54, 1.807) is 18.2 Å². The topological polar surface area (TPSA) is 107 Å². The summed E-state index contributed by atoms with van der Waals surface area (Å²) >= 11 is 0.